The summed E-state index contributed by atoms with van der Waals surface area (Å²) in [7, 11) is 0. The summed E-state index contributed by atoms with van der Waals surface area (Å²) in [4.78, 5) is 0. The fourth-order valence-corrected chi connectivity index (χ4v) is 8.37. The van der Waals surface area contributed by atoms with Gasteiger partial charge in [-0.1, -0.05) is 194 Å². The van der Waals surface area contributed by atoms with E-state index < -0.39 is 0 Å². The lowest BCUT2D eigenvalue weighted by Crippen LogP contribution is -1.96. The van der Waals surface area contributed by atoms with Crippen LogP contribution in [0.25, 0.3) is 98.7 Å². The molecule has 0 bridgehead atoms. The smallest absolute Gasteiger partial charge is 0.000786 e. The van der Waals surface area contributed by atoms with Crippen LogP contribution in [-0.2, 0) is 0 Å². The third kappa shape index (κ3) is 4.92. The van der Waals surface area contributed by atoms with Gasteiger partial charge in [0.15, 0.2) is 0 Å². The Labute approximate surface area is 303 Å². The van der Waals surface area contributed by atoms with Gasteiger partial charge in [0.2, 0.25) is 0 Å². The van der Waals surface area contributed by atoms with Crippen molar-refractivity contribution in [3.05, 3.63) is 206 Å². The number of rotatable bonds is 5. The van der Waals surface area contributed by atoms with Gasteiger partial charge in [-0.25, -0.2) is 0 Å². The average Bonchev–Trinajstić information content (AvgIpc) is 3.22. The van der Waals surface area contributed by atoms with E-state index in [0.717, 1.165) is 0 Å². The summed E-state index contributed by atoms with van der Waals surface area (Å²) < 4.78 is 0. The minimum absolute atomic E-state index is 1.20. The molecule has 242 valence electrons. The van der Waals surface area contributed by atoms with E-state index in [1.54, 1.807) is 0 Å². The van der Waals surface area contributed by atoms with Gasteiger partial charge >= 0.3 is 0 Å². The van der Waals surface area contributed by atoms with Gasteiger partial charge in [-0.2, -0.15) is 0 Å². The Kier molecular flexibility index (Phi) is 7.25. The maximum Gasteiger partial charge on any atom is -0.000786 e. The normalized spacial score (nSPS) is 11.5. The Morgan fingerprint density at radius 3 is 1.17 bits per heavy atom. The molecule has 10 aromatic rings. The predicted octanol–water partition coefficient (Wildman–Crippen LogP) is 14.6. The molecule has 0 nitrogen and oxygen atoms in total. The van der Waals surface area contributed by atoms with Gasteiger partial charge in [-0.05, 0) is 111 Å². The van der Waals surface area contributed by atoms with Gasteiger partial charge in [0.05, 0.1) is 0 Å². The highest BCUT2D eigenvalue weighted by molar-refractivity contribution is 6.27. The molecule has 0 saturated carbocycles. The van der Waals surface area contributed by atoms with Gasteiger partial charge in [0.1, 0.15) is 0 Å². The molecule has 0 aromatic heterocycles. The summed E-state index contributed by atoms with van der Waals surface area (Å²) in [6.07, 6.45) is 0. The zero-order valence-corrected chi connectivity index (χ0v) is 28.6. The zero-order chi connectivity index (χ0) is 34.4. The highest BCUT2D eigenvalue weighted by Crippen LogP contribution is 2.51. The third-order valence-electron chi connectivity index (χ3n) is 10.6. The summed E-state index contributed by atoms with van der Waals surface area (Å²) in [5, 5.41) is 9.99. The minimum atomic E-state index is 1.20. The predicted molar refractivity (Wildman–Crippen MR) is 224 cm³/mol. The van der Waals surface area contributed by atoms with Crippen molar-refractivity contribution in [1.29, 1.82) is 0 Å². The molecule has 0 spiro atoms. The summed E-state index contributed by atoms with van der Waals surface area (Å²) in [5.41, 5.74) is 12.3. The SMILES string of the molecule is c1ccc(-c2ccccc2-c2ccc3cc4ccccc4c(-c4c5ccccc5cc5ccccc45)c3c2-c2ccccc2-c2ccccc2)cc1. The van der Waals surface area contributed by atoms with Gasteiger partial charge in [-0.15, -0.1) is 0 Å². The fourth-order valence-electron chi connectivity index (χ4n) is 8.37. The van der Waals surface area contributed by atoms with E-state index in [4.69, 9.17) is 0 Å². The molecule has 0 saturated heterocycles. The Balaban J connectivity index is 1.46. The second kappa shape index (κ2) is 12.5. The van der Waals surface area contributed by atoms with Crippen molar-refractivity contribution in [2.75, 3.05) is 0 Å². The highest BCUT2D eigenvalue weighted by Gasteiger charge is 2.24. The molecule has 0 heteroatoms. The molecule has 0 aliphatic rings. The lowest BCUT2D eigenvalue weighted by molar-refractivity contribution is 1.57. The molecular weight excluding hydrogens is 625 g/mol. The van der Waals surface area contributed by atoms with Crippen LogP contribution in [0.4, 0.5) is 0 Å². The Morgan fingerprint density at radius 1 is 0.212 bits per heavy atom. The summed E-state index contributed by atoms with van der Waals surface area (Å²) in [5.74, 6) is 0. The second-order valence-corrected chi connectivity index (χ2v) is 13.6. The van der Waals surface area contributed by atoms with Crippen LogP contribution in [-0.4, -0.2) is 0 Å². The largest absolute Gasteiger partial charge is 0.0622 e. The lowest BCUT2D eigenvalue weighted by atomic mass is 9.79. The van der Waals surface area contributed by atoms with Gasteiger partial charge < -0.3 is 0 Å². The van der Waals surface area contributed by atoms with Crippen molar-refractivity contribution in [1.82, 2.24) is 0 Å². The van der Waals surface area contributed by atoms with Crippen molar-refractivity contribution < 1.29 is 0 Å². The summed E-state index contributed by atoms with van der Waals surface area (Å²) in [6.45, 7) is 0. The highest BCUT2D eigenvalue weighted by atomic mass is 14.3. The molecule has 0 atom stereocenters. The molecule has 0 radical (unpaired) electrons. The van der Waals surface area contributed by atoms with Crippen molar-refractivity contribution in [3.8, 4) is 55.6 Å². The van der Waals surface area contributed by atoms with Crippen LogP contribution in [0.3, 0.4) is 0 Å². The molecule has 0 amide bonds. The van der Waals surface area contributed by atoms with E-state index in [9.17, 15) is 0 Å². The molecule has 10 rings (SSSR count). The molecule has 0 fully saturated rings. The molecular formula is C52H34. The second-order valence-electron chi connectivity index (χ2n) is 13.6. The van der Waals surface area contributed by atoms with E-state index in [-0.39, 0.29) is 0 Å². The quantitative estimate of drug-likeness (QED) is 0.161. The van der Waals surface area contributed by atoms with Crippen LogP contribution in [0.1, 0.15) is 0 Å². The topological polar surface area (TPSA) is 0 Å². The Bertz CT molecular complexity index is 2880. The van der Waals surface area contributed by atoms with Crippen LogP contribution in [0, 0.1) is 0 Å². The van der Waals surface area contributed by atoms with Gasteiger partial charge in [-0.3, -0.25) is 0 Å². The van der Waals surface area contributed by atoms with Crippen LogP contribution in [0.5, 0.6) is 0 Å². The average molecular weight is 659 g/mol. The zero-order valence-electron chi connectivity index (χ0n) is 28.6. The van der Waals surface area contributed by atoms with Gasteiger partial charge in [0.25, 0.3) is 0 Å². The van der Waals surface area contributed by atoms with Gasteiger partial charge in [0, 0.05) is 0 Å². The first-order valence-electron chi connectivity index (χ1n) is 18.0. The third-order valence-corrected chi connectivity index (χ3v) is 10.6. The number of fused-ring (bicyclic) bond motifs is 4. The molecule has 0 aliphatic carbocycles. The van der Waals surface area contributed by atoms with Crippen LogP contribution in [0.2, 0.25) is 0 Å². The van der Waals surface area contributed by atoms with E-state index >= 15 is 0 Å². The van der Waals surface area contributed by atoms with Crippen molar-refractivity contribution in [2.24, 2.45) is 0 Å². The van der Waals surface area contributed by atoms with Crippen LogP contribution < -0.4 is 0 Å². The molecule has 0 heterocycles. The Hall–Kier alpha value is -6.76. The van der Waals surface area contributed by atoms with E-state index in [2.05, 4.69) is 206 Å². The van der Waals surface area contributed by atoms with E-state index in [1.165, 1.54) is 98.7 Å². The summed E-state index contributed by atoms with van der Waals surface area (Å²) in [6, 6.07) is 75.7. The van der Waals surface area contributed by atoms with E-state index in [0.29, 0.717) is 0 Å². The van der Waals surface area contributed by atoms with Crippen molar-refractivity contribution in [3.63, 3.8) is 0 Å². The first-order valence-corrected chi connectivity index (χ1v) is 18.0. The van der Waals surface area contributed by atoms with Crippen LogP contribution >= 0.6 is 0 Å². The monoisotopic (exact) mass is 658 g/mol. The number of hydrogen-bond acceptors (Lipinski definition) is 0. The lowest BCUT2D eigenvalue weighted by Gasteiger charge is -2.23. The molecule has 0 aliphatic heterocycles. The van der Waals surface area contributed by atoms with Crippen LogP contribution in [0.15, 0.2) is 206 Å². The Morgan fingerprint density at radius 2 is 0.615 bits per heavy atom. The first-order chi connectivity index (χ1) is 25.8. The number of benzene rings is 10. The molecule has 0 unspecified atom stereocenters. The fraction of sp³-hybridized carbons (Fsp3) is 0. The maximum absolute atomic E-state index is 2.39. The minimum Gasteiger partial charge on any atom is -0.0622 e. The van der Waals surface area contributed by atoms with E-state index in [1.807, 2.05) is 0 Å². The standard InChI is InChI=1S/C52H34/c1-3-17-35(18-4-1)41-24-13-15-29-46(41)48-32-31-40-34-39-23-9-12-28-45(39)52(50-43-26-10-7-21-37(43)33-38-22-8-11-27-44(38)50)49(40)51(48)47-30-16-14-25-42(47)36-19-5-2-6-20-36/h1-34H. The summed E-state index contributed by atoms with van der Waals surface area (Å²) >= 11 is 0. The number of hydrogen-bond donors (Lipinski definition) is 0. The molecule has 52 heavy (non-hydrogen) atoms. The maximum atomic E-state index is 2.39. The molecule has 10 aromatic carbocycles. The van der Waals surface area contributed by atoms with Crippen molar-refractivity contribution in [2.45, 2.75) is 0 Å². The first kappa shape index (κ1) is 30.1. The van der Waals surface area contributed by atoms with Crippen molar-refractivity contribution >= 4 is 43.1 Å². The molecule has 0 N–H and O–H groups in total.